The molecule has 3 nitrogen and oxygen atoms in total. The van der Waals surface area contributed by atoms with Gasteiger partial charge < -0.3 is 10.6 Å². The van der Waals surface area contributed by atoms with Crippen molar-refractivity contribution in [2.45, 2.75) is 13.8 Å². The predicted octanol–water partition coefficient (Wildman–Crippen LogP) is 3.59. The summed E-state index contributed by atoms with van der Waals surface area (Å²) in [6, 6.07) is 0. The molecule has 0 radical (unpaired) electrons. The van der Waals surface area contributed by atoms with E-state index in [0.717, 1.165) is 11.3 Å². The van der Waals surface area contributed by atoms with Gasteiger partial charge in [-0.1, -0.05) is 61.6 Å². The number of nitrogens with one attached hydrogen (secondary N) is 2. The van der Waals surface area contributed by atoms with Gasteiger partial charge in [-0.3, -0.25) is 4.79 Å². The summed E-state index contributed by atoms with van der Waals surface area (Å²) in [6.07, 6.45) is 15.4. The second-order valence-electron chi connectivity index (χ2n) is 5.08. The third-order valence-corrected chi connectivity index (χ3v) is 3.30. The largest absolute Gasteiger partial charge is 0.380 e. The highest BCUT2D eigenvalue weighted by molar-refractivity contribution is 6.31. The Labute approximate surface area is 137 Å². The van der Waals surface area contributed by atoms with E-state index >= 15 is 0 Å². The normalized spacial score (nSPS) is 18.5. The molecular formula is C18H23ClN2O. The number of carbonyl (C=O) groups excluding carboxylic acids is 1. The second-order valence-corrected chi connectivity index (χ2v) is 5.52. The lowest BCUT2D eigenvalue weighted by Crippen LogP contribution is -2.34. The zero-order chi connectivity index (χ0) is 16.4. The van der Waals surface area contributed by atoms with E-state index in [0.29, 0.717) is 17.5 Å². The van der Waals surface area contributed by atoms with Gasteiger partial charge in [0.25, 0.3) is 0 Å². The molecule has 0 bridgehead atoms. The van der Waals surface area contributed by atoms with E-state index in [9.17, 15) is 4.79 Å². The Kier molecular flexibility index (Phi) is 8.08. The Bertz CT molecular complexity index is 553. The molecule has 0 aromatic rings. The zero-order valence-corrected chi connectivity index (χ0v) is 13.9. The molecule has 0 fully saturated rings. The van der Waals surface area contributed by atoms with Gasteiger partial charge in [0.05, 0.1) is 6.54 Å². The molecule has 0 saturated heterocycles. The van der Waals surface area contributed by atoms with Gasteiger partial charge in [0.15, 0.2) is 0 Å². The van der Waals surface area contributed by atoms with Crippen molar-refractivity contribution in [1.29, 1.82) is 0 Å². The topological polar surface area (TPSA) is 41.1 Å². The third-order valence-electron chi connectivity index (χ3n) is 3.02. The first-order chi connectivity index (χ1) is 10.5. The van der Waals surface area contributed by atoms with Gasteiger partial charge in [-0.2, -0.15) is 0 Å². The molecule has 0 aromatic heterocycles. The van der Waals surface area contributed by atoms with Crippen molar-refractivity contribution < 1.29 is 4.79 Å². The van der Waals surface area contributed by atoms with Crippen LogP contribution >= 0.6 is 11.6 Å². The number of hydrogen-bond donors (Lipinski definition) is 2. The molecule has 2 N–H and O–H groups in total. The third kappa shape index (κ3) is 7.70. The van der Waals surface area contributed by atoms with Crippen LogP contribution in [-0.2, 0) is 4.79 Å². The average Bonchev–Trinajstić information content (AvgIpc) is 2.72. The van der Waals surface area contributed by atoms with Crippen molar-refractivity contribution in [3.05, 3.63) is 71.5 Å². The standard InChI is InChI=1S/C18H23ClN2O/c1-4-17(19)10-9-15(3)20-13-18(22)21-12-16-8-6-5-7-14(2)11-16/h4-11,14,20H,1,12-13H2,2-3H3,(H,21,22)/b15-9+,17-10+. The van der Waals surface area contributed by atoms with E-state index in [1.54, 1.807) is 18.2 Å². The molecule has 1 rings (SSSR count). The molecule has 0 heterocycles. The summed E-state index contributed by atoms with van der Waals surface area (Å²) in [5.74, 6) is 0.331. The molecule has 0 aromatic carbocycles. The maximum Gasteiger partial charge on any atom is 0.239 e. The number of amides is 1. The van der Waals surface area contributed by atoms with Gasteiger partial charge in [-0.05, 0) is 30.6 Å². The lowest BCUT2D eigenvalue weighted by Gasteiger charge is -2.09. The molecule has 1 aliphatic rings. The van der Waals surface area contributed by atoms with E-state index in [-0.39, 0.29) is 12.5 Å². The highest BCUT2D eigenvalue weighted by Gasteiger charge is 2.03. The Hall–Kier alpha value is -2.00. The summed E-state index contributed by atoms with van der Waals surface area (Å²) in [7, 11) is 0. The first-order valence-electron chi connectivity index (χ1n) is 7.24. The molecule has 1 atom stereocenters. The van der Waals surface area contributed by atoms with Crippen LogP contribution in [0.2, 0.25) is 0 Å². The molecule has 118 valence electrons. The van der Waals surface area contributed by atoms with Crippen LogP contribution in [0.5, 0.6) is 0 Å². The van der Waals surface area contributed by atoms with Crippen LogP contribution in [0, 0.1) is 5.92 Å². The van der Waals surface area contributed by atoms with E-state index < -0.39 is 0 Å². The maximum absolute atomic E-state index is 11.8. The SMILES string of the molecule is C=C/C(Cl)=C\C=C(/C)NCC(=O)NCC1=CC(C)C=CC=C1. The Morgan fingerprint density at radius 2 is 2.14 bits per heavy atom. The summed E-state index contributed by atoms with van der Waals surface area (Å²) in [5.41, 5.74) is 1.97. The van der Waals surface area contributed by atoms with Gasteiger partial charge in [-0.15, -0.1) is 0 Å². The highest BCUT2D eigenvalue weighted by atomic mass is 35.5. The van der Waals surface area contributed by atoms with Crippen LogP contribution < -0.4 is 10.6 Å². The Morgan fingerprint density at radius 1 is 1.36 bits per heavy atom. The van der Waals surface area contributed by atoms with Crippen molar-refractivity contribution in [2.24, 2.45) is 5.92 Å². The first-order valence-corrected chi connectivity index (χ1v) is 7.61. The van der Waals surface area contributed by atoms with Crippen LogP contribution in [0.3, 0.4) is 0 Å². The molecule has 4 heteroatoms. The Balaban J connectivity index is 2.36. The van der Waals surface area contributed by atoms with E-state index in [1.165, 1.54) is 0 Å². The van der Waals surface area contributed by atoms with Crippen molar-refractivity contribution in [2.75, 3.05) is 13.1 Å². The number of rotatable bonds is 7. The number of allylic oxidation sites excluding steroid dienone is 9. The maximum atomic E-state index is 11.8. The zero-order valence-electron chi connectivity index (χ0n) is 13.1. The highest BCUT2D eigenvalue weighted by Crippen LogP contribution is 2.09. The molecule has 22 heavy (non-hydrogen) atoms. The average molecular weight is 319 g/mol. The van der Waals surface area contributed by atoms with Crippen LogP contribution in [0.4, 0.5) is 0 Å². The van der Waals surface area contributed by atoms with E-state index in [2.05, 4.69) is 36.3 Å². The summed E-state index contributed by atoms with van der Waals surface area (Å²) in [6.45, 7) is 8.32. The molecule has 1 unspecified atom stereocenters. The molecule has 0 aliphatic heterocycles. The van der Waals surface area contributed by atoms with Gasteiger partial charge in [0.2, 0.25) is 5.91 Å². The van der Waals surface area contributed by atoms with Gasteiger partial charge in [0, 0.05) is 17.3 Å². The van der Waals surface area contributed by atoms with Crippen LogP contribution in [-0.4, -0.2) is 19.0 Å². The summed E-state index contributed by atoms with van der Waals surface area (Å²) in [4.78, 5) is 11.8. The summed E-state index contributed by atoms with van der Waals surface area (Å²) >= 11 is 5.81. The molecule has 0 saturated carbocycles. The fourth-order valence-electron chi connectivity index (χ4n) is 1.80. The molecule has 1 aliphatic carbocycles. The fourth-order valence-corrected chi connectivity index (χ4v) is 1.86. The van der Waals surface area contributed by atoms with Gasteiger partial charge >= 0.3 is 0 Å². The Morgan fingerprint density at radius 3 is 2.86 bits per heavy atom. The van der Waals surface area contributed by atoms with E-state index in [1.807, 2.05) is 25.2 Å². The predicted molar refractivity (Wildman–Crippen MR) is 94.4 cm³/mol. The monoisotopic (exact) mass is 318 g/mol. The second kappa shape index (κ2) is 9.85. The lowest BCUT2D eigenvalue weighted by atomic mass is 10.1. The lowest BCUT2D eigenvalue weighted by molar-refractivity contribution is -0.119. The molecule has 0 spiro atoms. The number of hydrogen-bond acceptors (Lipinski definition) is 2. The number of halogens is 1. The minimum absolute atomic E-state index is 0.0503. The van der Waals surface area contributed by atoms with Crippen molar-refractivity contribution in [3.8, 4) is 0 Å². The van der Waals surface area contributed by atoms with Crippen LogP contribution in [0.1, 0.15) is 13.8 Å². The summed E-state index contributed by atoms with van der Waals surface area (Å²) in [5, 5.41) is 6.49. The van der Waals surface area contributed by atoms with Crippen LogP contribution in [0.25, 0.3) is 0 Å². The summed E-state index contributed by atoms with van der Waals surface area (Å²) < 4.78 is 0. The smallest absolute Gasteiger partial charge is 0.239 e. The quantitative estimate of drug-likeness (QED) is 0.704. The molecular weight excluding hydrogens is 296 g/mol. The van der Waals surface area contributed by atoms with Gasteiger partial charge in [-0.25, -0.2) is 0 Å². The van der Waals surface area contributed by atoms with Crippen molar-refractivity contribution in [3.63, 3.8) is 0 Å². The van der Waals surface area contributed by atoms with Crippen molar-refractivity contribution >= 4 is 17.5 Å². The minimum Gasteiger partial charge on any atom is -0.380 e. The number of carbonyl (C=O) groups is 1. The minimum atomic E-state index is -0.0503. The fraction of sp³-hybridized carbons (Fsp3) is 0.278. The first kappa shape index (κ1) is 18.1. The van der Waals surface area contributed by atoms with E-state index in [4.69, 9.17) is 11.6 Å². The van der Waals surface area contributed by atoms with Crippen molar-refractivity contribution in [1.82, 2.24) is 10.6 Å². The molecule has 1 amide bonds. The van der Waals surface area contributed by atoms with Crippen LogP contribution in [0.15, 0.2) is 71.5 Å². The van der Waals surface area contributed by atoms with Gasteiger partial charge in [0.1, 0.15) is 0 Å².